The average molecular weight is 663 g/mol. The molecule has 0 aromatic heterocycles. The molecule has 3 aliphatic heterocycles. The van der Waals surface area contributed by atoms with Crippen molar-refractivity contribution in [2.24, 2.45) is 0 Å². The Balaban J connectivity index is 1.34. The van der Waals surface area contributed by atoms with E-state index in [1.165, 1.54) is 83.9 Å². The lowest BCUT2D eigenvalue weighted by molar-refractivity contribution is 0.704. The summed E-state index contributed by atoms with van der Waals surface area (Å²) in [5, 5.41) is 0. The van der Waals surface area contributed by atoms with Gasteiger partial charge in [-0.2, -0.15) is 0 Å². The first-order valence-corrected chi connectivity index (χ1v) is 18.1. The summed E-state index contributed by atoms with van der Waals surface area (Å²) in [6.45, 7) is 0.814. The molecule has 0 N–H and O–H groups in total. The first-order valence-electron chi connectivity index (χ1n) is 18.1. The molecule has 0 aliphatic carbocycles. The Labute approximate surface area is 304 Å². The highest BCUT2D eigenvalue weighted by atomic mass is 15.2. The molecule has 1 spiro atoms. The van der Waals surface area contributed by atoms with Crippen LogP contribution in [0, 0.1) is 0 Å². The van der Waals surface area contributed by atoms with E-state index in [-0.39, 0.29) is 0 Å². The topological polar surface area (TPSA) is 6.48 Å². The van der Waals surface area contributed by atoms with Crippen molar-refractivity contribution in [2.45, 2.75) is 12.0 Å². The highest BCUT2D eigenvalue weighted by Gasteiger charge is 2.53. The molecule has 52 heavy (non-hydrogen) atoms. The molecule has 8 aromatic rings. The number of benzene rings is 8. The summed E-state index contributed by atoms with van der Waals surface area (Å²) in [4.78, 5) is 5.07. The first kappa shape index (κ1) is 29.1. The summed E-state index contributed by atoms with van der Waals surface area (Å²) in [6, 6.07) is 72.0. The maximum atomic E-state index is 2.60. The van der Waals surface area contributed by atoms with Crippen molar-refractivity contribution >= 4 is 28.4 Å². The van der Waals surface area contributed by atoms with E-state index in [9.17, 15) is 0 Å². The number of hydrogen-bond acceptors (Lipinski definition) is 2. The molecule has 0 amide bonds. The Morgan fingerprint density at radius 1 is 0.365 bits per heavy atom. The minimum absolute atomic E-state index is 0.615. The first-order chi connectivity index (χ1) is 25.8. The minimum Gasteiger partial charge on any atom is -0.336 e. The van der Waals surface area contributed by atoms with Gasteiger partial charge in [0.15, 0.2) is 0 Å². The Bertz CT molecular complexity index is 2610. The smallest absolute Gasteiger partial charge is 0.0783 e. The van der Waals surface area contributed by atoms with Crippen LogP contribution in [0.1, 0.15) is 27.8 Å². The van der Waals surface area contributed by atoms with Crippen LogP contribution in [0.5, 0.6) is 0 Å². The zero-order chi connectivity index (χ0) is 34.2. The third-order valence-electron chi connectivity index (χ3n) is 11.4. The van der Waals surface area contributed by atoms with Crippen LogP contribution in [-0.4, -0.2) is 0 Å². The molecular formula is C50H34N2. The predicted octanol–water partition coefficient (Wildman–Crippen LogP) is 12.8. The molecule has 3 heterocycles. The van der Waals surface area contributed by atoms with E-state index in [2.05, 4.69) is 204 Å². The van der Waals surface area contributed by atoms with Gasteiger partial charge in [0.1, 0.15) is 0 Å². The van der Waals surface area contributed by atoms with Crippen LogP contribution in [0.15, 0.2) is 194 Å². The van der Waals surface area contributed by atoms with Gasteiger partial charge in [0.2, 0.25) is 0 Å². The number of nitrogens with zero attached hydrogens (tertiary/aromatic N) is 2. The quantitative estimate of drug-likeness (QED) is 0.186. The summed E-state index contributed by atoms with van der Waals surface area (Å²) < 4.78 is 0. The number of para-hydroxylation sites is 3. The maximum Gasteiger partial charge on any atom is 0.0783 e. The second-order valence-electron chi connectivity index (χ2n) is 14.1. The van der Waals surface area contributed by atoms with Gasteiger partial charge in [0.05, 0.1) is 22.5 Å². The van der Waals surface area contributed by atoms with Crippen molar-refractivity contribution in [3.63, 3.8) is 0 Å². The summed E-state index contributed by atoms with van der Waals surface area (Å²) in [5.41, 5.74) is 19.6. The van der Waals surface area contributed by atoms with Gasteiger partial charge in [0, 0.05) is 23.5 Å². The molecule has 0 bridgehead atoms. The fourth-order valence-corrected chi connectivity index (χ4v) is 9.30. The molecule has 244 valence electrons. The normalized spacial score (nSPS) is 14.2. The molecule has 0 fully saturated rings. The monoisotopic (exact) mass is 662 g/mol. The molecule has 2 heteroatoms. The van der Waals surface area contributed by atoms with Crippen LogP contribution in [0.3, 0.4) is 0 Å². The van der Waals surface area contributed by atoms with Crippen LogP contribution >= 0.6 is 0 Å². The highest BCUT2D eigenvalue weighted by molar-refractivity contribution is 6.01. The van der Waals surface area contributed by atoms with E-state index in [1.54, 1.807) is 0 Å². The Kier molecular flexibility index (Phi) is 6.26. The minimum atomic E-state index is -0.615. The van der Waals surface area contributed by atoms with E-state index in [4.69, 9.17) is 0 Å². The van der Waals surface area contributed by atoms with Crippen molar-refractivity contribution in [2.75, 3.05) is 9.80 Å². The summed E-state index contributed by atoms with van der Waals surface area (Å²) in [5.74, 6) is 0. The van der Waals surface area contributed by atoms with Crippen molar-refractivity contribution in [1.29, 1.82) is 0 Å². The standard InChI is InChI=1S/C50H34N2/c1-4-16-34(17-5-1)36-28-29-46-44(31-36)50(42-24-12-14-26-47(42)52(39-21-8-3-9-22-39)48-27-15-13-25-43(48)50)45-32-38(35-18-6-2-7-19-35)30-41-40-23-11-10-20-37(40)33-51(46)49(41)45/h1-32H,33H2. The lowest BCUT2D eigenvalue weighted by atomic mass is 9.58. The third-order valence-corrected chi connectivity index (χ3v) is 11.4. The fourth-order valence-electron chi connectivity index (χ4n) is 9.30. The Morgan fingerprint density at radius 2 is 0.923 bits per heavy atom. The number of fused-ring (bicyclic) bond motifs is 10. The predicted molar refractivity (Wildman–Crippen MR) is 215 cm³/mol. The molecule has 0 saturated heterocycles. The van der Waals surface area contributed by atoms with Gasteiger partial charge >= 0.3 is 0 Å². The van der Waals surface area contributed by atoms with Crippen LogP contribution in [-0.2, 0) is 12.0 Å². The molecule has 8 aromatic carbocycles. The number of hydrogen-bond donors (Lipinski definition) is 0. The second-order valence-corrected chi connectivity index (χ2v) is 14.1. The van der Waals surface area contributed by atoms with Crippen molar-refractivity contribution < 1.29 is 0 Å². The molecule has 0 radical (unpaired) electrons. The van der Waals surface area contributed by atoms with Gasteiger partial charge in [-0.05, 0) is 104 Å². The van der Waals surface area contributed by atoms with Crippen LogP contribution in [0.2, 0.25) is 0 Å². The Morgan fingerprint density at radius 3 is 1.62 bits per heavy atom. The summed E-state index contributed by atoms with van der Waals surface area (Å²) >= 11 is 0. The number of rotatable bonds is 3. The van der Waals surface area contributed by atoms with Crippen molar-refractivity contribution in [3.8, 4) is 33.4 Å². The molecule has 2 nitrogen and oxygen atoms in total. The molecule has 3 aliphatic rings. The number of anilines is 5. The van der Waals surface area contributed by atoms with Gasteiger partial charge in [0.25, 0.3) is 0 Å². The summed E-state index contributed by atoms with van der Waals surface area (Å²) in [6.07, 6.45) is 0. The van der Waals surface area contributed by atoms with Crippen LogP contribution in [0.4, 0.5) is 28.4 Å². The zero-order valence-electron chi connectivity index (χ0n) is 28.6. The molecule has 11 rings (SSSR count). The molecule has 0 saturated carbocycles. The molecule has 0 atom stereocenters. The lowest BCUT2D eigenvalue weighted by Gasteiger charge is -2.53. The fraction of sp³-hybridized carbons (Fsp3) is 0.0400. The van der Waals surface area contributed by atoms with Crippen molar-refractivity contribution in [3.05, 3.63) is 222 Å². The van der Waals surface area contributed by atoms with E-state index in [1.807, 2.05) is 0 Å². The van der Waals surface area contributed by atoms with E-state index < -0.39 is 5.41 Å². The summed E-state index contributed by atoms with van der Waals surface area (Å²) in [7, 11) is 0. The third kappa shape index (κ3) is 4.01. The van der Waals surface area contributed by atoms with Crippen LogP contribution < -0.4 is 9.80 Å². The SMILES string of the molecule is c1ccc(-c2ccc3c(c2)C2(c4ccccc4N(c4ccccc4)c4ccccc42)c2cc(-c4ccccc4)cc4c2N3Cc2ccccc2-4)cc1. The molecular weight excluding hydrogens is 629 g/mol. The van der Waals surface area contributed by atoms with E-state index in [0.717, 1.165) is 12.2 Å². The van der Waals surface area contributed by atoms with Gasteiger partial charge in [-0.3, -0.25) is 0 Å². The van der Waals surface area contributed by atoms with Gasteiger partial charge in [-0.1, -0.05) is 146 Å². The average Bonchev–Trinajstić information content (AvgIpc) is 3.23. The van der Waals surface area contributed by atoms with E-state index in [0.29, 0.717) is 0 Å². The van der Waals surface area contributed by atoms with E-state index >= 15 is 0 Å². The van der Waals surface area contributed by atoms with Crippen LogP contribution in [0.25, 0.3) is 33.4 Å². The largest absolute Gasteiger partial charge is 0.336 e. The maximum absolute atomic E-state index is 2.60. The van der Waals surface area contributed by atoms with Gasteiger partial charge in [-0.25, -0.2) is 0 Å². The highest BCUT2D eigenvalue weighted by Crippen LogP contribution is 2.66. The Hall–Kier alpha value is -6.64. The van der Waals surface area contributed by atoms with Crippen molar-refractivity contribution in [1.82, 2.24) is 0 Å². The second kappa shape index (κ2) is 11.2. The zero-order valence-corrected chi connectivity index (χ0v) is 28.6. The van der Waals surface area contributed by atoms with Gasteiger partial charge in [-0.15, -0.1) is 0 Å². The van der Waals surface area contributed by atoms with Gasteiger partial charge < -0.3 is 9.80 Å². The lowest BCUT2D eigenvalue weighted by Crippen LogP contribution is -2.43. The molecule has 0 unspecified atom stereocenters.